The van der Waals surface area contributed by atoms with Gasteiger partial charge in [-0.1, -0.05) is 6.42 Å². The number of aryl methyl sites for hydroxylation is 1. The average Bonchev–Trinajstić information content (AvgIpc) is 2.44. The van der Waals surface area contributed by atoms with Crippen LogP contribution in [0.1, 0.15) is 24.8 Å². The quantitative estimate of drug-likeness (QED) is 0.792. The molecule has 4 nitrogen and oxygen atoms in total. The number of hydrogen-bond acceptors (Lipinski definition) is 4. The summed E-state index contributed by atoms with van der Waals surface area (Å²) in [4.78, 5) is 9.42. The van der Waals surface area contributed by atoms with E-state index in [2.05, 4.69) is 33.8 Å². The zero-order valence-corrected chi connectivity index (χ0v) is 12.0. The number of pyridine rings is 1. The molecule has 0 spiro atoms. The van der Waals surface area contributed by atoms with Crippen molar-refractivity contribution >= 4 is 5.82 Å². The molecule has 0 amide bonds. The monoisotopic (exact) mass is 262 g/mol. The van der Waals surface area contributed by atoms with Gasteiger partial charge in [-0.15, -0.1) is 0 Å². The maximum absolute atomic E-state index is 5.52. The van der Waals surface area contributed by atoms with Crippen LogP contribution in [0.3, 0.4) is 0 Å². The van der Waals surface area contributed by atoms with Crippen molar-refractivity contribution in [3.05, 3.63) is 23.9 Å². The molecule has 1 saturated heterocycles. The van der Waals surface area contributed by atoms with Crippen LogP contribution in [0.4, 0.5) is 5.82 Å². The molecule has 1 aromatic heterocycles. The fourth-order valence-electron chi connectivity index (χ4n) is 2.55. The van der Waals surface area contributed by atoms with Crippen LogP contribution < -0.4 is 10.6 Å². The van der Waals surface area contributed by atoms with Crippen molar-refractivity contribution in [2.24, 2.45) is 5.73 Å². The van der Waals surface area contributed by atoms with Gasteiger partial charge in [-0.05, 0) is 50.6 Å². The van der Waals surface area contributed by atoms with Crippen LogP contribution in [0.25, 0.3) is 0 Å². The number of anilines is 1. The zero-order valence-electron chi connectivity index (χ0n) is 12.0. The Kier molecular flexibility index (Phi) is 5.61. The van der Waals surface area contributed by atoms with E-state index >= 15 is 0 Å². The number of piperazine rings is 1. The highest BCUT2D eigenvalue weighted by Gasteiger charge is 2.17. The summed E-state index contributed by atoms with van der Waals surface area (Å²) >= 11 is 0. The highest BCUT2D eigenvalue weighted by molar-refractivity contribution is 5.41. The van der Waals surface area contributed by atoms with Crippen molar-refractivity contribution < 1.29 is 0 Å². The fourth-order valence-corrected chi connectivity index (χ4v) is 2.55. The van der Waals surface area contributed by atoms with Gasteiger partial charge in [0.05, 0.1) is 0 Å². The van der Waals surface area contributed by atoms with Gasteiger partial charge in [-0.25, -0.2) is 4.98 Å². The van der Waals surface area contributed by atoms with Crippen LogP contribution in [-0.2, 0) is 0 Å². The van der Waals surface area contributed by atoms with E-state index in [9.17, 15) is 0 Å². The Hall–Kier alpha value is -1.13. The summed E-state index contributed by atoms with van der Waals surface area (Å²) in [7, 11) is 0. The lowest BCUT2D eigenvalue weighted by Crippen LogP contribution is -2.46. The molecule has 19 heavy (non-hydrogen) atoms. The molecule has 1 fully saturated rings. The Morgan fingerprint density at radius 2 is 1.95 bits per heavy atom. The molecular weight excluding hydrogens is 236 g/mol. The third-order valence-electron chi connectivity index (χ3n) is 3.78. The molecule has 0 atom stereocenters. The molecule has 1 aromatic rings. The number of aromatic nitrogens is 1. The number of hydrogen-bond donors (Lipinski definition) is 1. The molecule has 0 saturated carbocycles. The van der Waals surface area contributed by atoms with Crippen LogP contribution >= 0.6 is 0 Å². The Bertz CT molecular complexity index is 372. The van der Waals surface area contributed by atoms with Crippen molar-refractivity contribution in [3.8, 4) is 0 Å². The lowest BCUT2D eigenvalue weighted by molar-refractivity contribution is 0.252. The van der Waals surface area contributed by atoms with Crippen LogP contribution in [-0.4, -0.2) is 49.2 Å². The van der Waals surface area contributed by atoms with Crippen LogP contribution in [0.2, 0.25) is 0 Å². The van der Waals surface area contributed by atoms with E-state index in [1.54, 1.807) is 0 Å². The minimum absolute atomic E-state index is 0.826. The van der Waals surface area contributed by atoms with Gasteiger partial charge in [-0.2, -0.15) is 0 Å². The Morgan fingerprint density at radius 1 is 1.16 bits per heavy atom. The standard InChI is InChI=1S/C15H26N4/c1-14-5-7-17-15(13-14)19-11-9-18(10-12-19)8-4-2-3-6-16/h5,7,13H,2-4,6,8-12,16H2,1H3. The molecule has 0 bridgehead atoms. The molecule has 0 unspecified atom stereocenters. The average molecular weight is 262 g/mol. The maximum atomic E-state index is 5.52. The number of nitrogens with zero attached hydrogens (tertiary/aromatic N) is 3. The van der Waals surface area contributed by atoms with Gasteiger partial charge >= 0.3 is 0 Å². The predicted molar refractivity (Wildman–Crippen MR) is 80.5 cm³/mol. The van der Waals surface area contributed by atoms with E-state index in [1.165, 1.54) is 24.9 Å². The van der Waals surface area contributed by atoms with Gasteiger partial charge in [0.25, 0.3) is 0 Å². The lowest BCUT2D eigenvalue weighted by atomic mass is 10.2. The lowest BCUT2D eigenvalue weighted by Gasteiger charge is -2.35. The molecule has 0 aliphatic carbocycles. The first-order valence-electron chi connectivity index (χ1n) is 7.39. The van der Waals surface area contributed by atoms with Crippen molar-refractivity contribution in [1.29, 1.82) is 0 Å². The fraction of sp³-hybridized carbons (Fsp3) is 0.667. The van der Waals surface area contributed by atoms with Gasteiger partial charge in [0.15, 0.2) is 0 Å². The minimum Gasteiger partial charge on any atom is -0.354 e. The summed E-state index contributed by atoms with van der Waals surface area (Å²) in [6.07, 6.45) is 5.60. The first kappa shape index (κ1) is 14.3. The second-order valence-electron chi connectivity index (χ2n) is 5.37. The van der Waals surface area contributed by atoms with Crippen molar-refractivity contribution in [1.82, 2.24) is 9.88 Å². The van der Waals surface area contributed by atoms with Crippen molar-refractivity contribution in [3.63, 3.8) is 0 Å². The SMILES string of the molecule is Cc1ccnc(N2CCN(CCCCCN)CC2)c1. The zero-order chi connectivity index (χ0) is 13.5. The number of unbranched alkanes of at least 4 members (excludes halogenated alkanes) is 2. The summed E-state index contributed by atoms with van der Waals surface area (Å²) in [6.45, 7) is 8.65. The van der Waals surface area contributed by atoms with E-state index < -0.39 is 0 Å². The van der Waals surface area contributed by atoms with E-state index in [-0.39, 0.29) is 0 Å². The summed E-state index contributed by atoms with van der Waals surface area (Å²) in [5.41, 5.74) is 6.80. The third-order valence-corrected chi connectivity index (χ3v) is 3.78. The molecule has 1 aliphatic heterocycles. The summed E-state index contributed by atoms with van der Waals surface area (Å²) in [5, 5.41) is 0. The third kappa shape index (κ3) is 4.48. The summed E-state index contributed by atoms with van der Waals surface area (Å²) in [6, 6.07) is 4.23. The van der Waals surface area contributed by atoms with E-state index in [4.69, 9.17) is 5.73 Å². The molecule has 2 heterocycles. The van der Waals surface area contributed by atoms with Gasteiger partial charge < -0.3 is 10.6 Å². The molecule has 2 rings (SSSR count). The Labute approximate surface area is 116 Å². The van der Waals surface area contributed by atoms with Crippen LogP contribution in [0.5, 0.6) is 0 Å². The summed E-state index contributed by atoms with van der Waals surface area (Å²) < 4.78 is 0. The molecule has 2 N–H and O–H groups in total. The van der Waals surface area contributed by atoms with Crippen molar-refractivity contribution in [2.45, 2.75) is 26.2 Å². The van der Waals surface area contributed by atoms with Gasteiger partial charge in [0.2, 0.25) is 0 Å². The maximum Gasteiger partial charge on any atom is 0.128 e. The molecule has 0 aromatic carbocycles. The van der Waals surface area contributed by atoms with Crippen LogP contribution in [0.15, 0.2) is 18.3 Å². The van der Waals surface area contributed by atoms with Crippen LogP contribution in [0, 0.1) is 6.92 Å². The molecular formula is C15H26N4. The summed E-state index contributed by atoms with van der Waals surface area (Å²) in [5.74, 6) is 1.13. The second-order valence-corrected chi connectivity index (χ2v) is 5.37. The normalized spacial score (nSPS) is 16.8. The smallest absolute Gasteiger partial charge is 0.128 e. The van der Waals surface area contributed by atoms with E-state index in [1.807, 2.05) is 6.20 Å². The molecule has 106 valence electrons. The number of rotatable bonds is 6. The Balaban J connectivity index is 1.73. The molecule has 1 aliphatic rings. The van der Waals surface area contributed by atoms with Gasteiger partial charge in [-0.3, -0.25) is 4.90 Å². The predicted octanol–water partition coefficient (Wildman–Crippen LogP) is 1.64. The van der Waals surface area contributed by atoms with E-state index in [0.29, 0.717) is 0 Å². The number of nitrogens with two attached hydrogens (primary N) is 1. The first-order chi connectivity index (χ1) is 9.29. The largest absolute Gasteiger partial charge is 0.354 e. The van der Waals surface area contributed by atoms with Gasteiger partial charge in [0, 0.05) is 32.4 Å². The molecule has 0 radical (unpaired) electrons. The van der Waals surface area contributed by atoms with Gasteiger partial charge in [0.1, 0.15) is 5.82 Å². The first-order valence-corrected chi connectivity index (χ1v) is 7.39. The topological polar surface area (TPSA) is 45.4 Å². The highest BCUT2D eigenvalue weighted by atomic mass is 15.3. The minimum atomic E-state index is 0.826. The second kappa shape index (κ2) is 7.46. The molecule has 4 heteroatoms. The van der Waals surface area contributed by atoms with E-state index in [0.717, 1.165) is 45.0 Å². The van der Waals surface area contributed by atoms with Crippen molar-refractivity contribution in [2.75, 3.05) is 44.2 Å². The highest BCUT2D eigenvalue weighted by Crippen LogP contribution is 2.14. The Morgan fingerprint density at radius 3 is 2.63 bits per heavy atom.